The quantitative estimate of drug-likeness (QED) is 0.664. The van der Waals surface area contributed by atoms with E-state index < -0.39 is 0 Å². The number of hydrogen-bond acceptors (Lipinski definition) is 5. The molecule has 1 fully saturated rings. The highest BCUT2D eigenvalue weighted by Gasteiger charge is 2.36. The number of pyridine rings is 1. The molecule has 5 rings (SSSR count). The van der Waals surface area contributed by atoms with Gasteiger partial charge < -0.3 is 14.0 Å². The Morgan fingerprint density at radius 2 is 2.03 bits per heavy atom. The van der Waals surface area contributed by atoms with Crippen LogP contribution in [0.5, 0.6) is 0 Å². The van der Waals surface area contributed by atoms with E-state index in [-0.39, 0.29) is 16.9 Å². The van der Waals surface area contributed by atoms with Crippen molar-refractivity contribution in [1.82, 2.24) is 24.0 Å². The summed E-state index contributed by atoms with van der Waals surface area (Å²) >= 11 is 1.70. The molecule has 7 nitrogen and oxygen atoms in total. The molecule has 2 aliphatic rings. The normalized spacial score (nSPS) is 17.9. The third kappa shape index (κ3) is 3.02. The molecule has 150 valence electrons. The van der Waals surface area contributed by atoms with Crippen LogP contribution in [0.4, 0.5) is 0 Å². The molecule has 0 radical (unpaired) electrons. The van der Waals surface area contributed by atoms with Crippen LogP contribution >= 0.6 is 11.3 Å². The molecule has 8 heteroatoms. The van der Waals surface area contributed by atoms with Crippen molar-refractivity contribution in [1.29, 1.82) is 0 Å². The first-order valence-electron chi connectivity index (χ1n) is 9.94. The highest BCUT2D eigenvalue weighted by molar-refractivity contribution is 7.09. The zero-order valence-corrected chi connectivity index (χ0v) is 17.4. The predicted octanol–water partition coefficient (Wildman–Crippen LogP) is 2.90. The number of fused-ring (bicyclic) bond motifs is 1. The highest BCUT2D eigenvalue weighted by atomic mass is 32.1. The maximum Gasteiger partial charge on any atom is 0.275 e. The van der Waals surface area contributed by atoms with Gasteiger partial charge in [-0.25, -0.2) is 9.97 Å². The lowest BCUT2D eigenvalue weighted by atomic mass is 9.71. The Hall–Kier alpha value is -2.74. The molecular weight excluding hydrogens is 386 g/mol. The van der Waals surface area contributed by atoms with Crippen LogP contribution in [0.1, 0.15) is 53.1 Å². The van der Waals surface area contributed by atoms with Gasteiger partial charge in [0.1, 0.15) is 11.4 Å². The average molecular weight is 410 g/mol. The molecule has 3 aromatic heterocycles. The van der Waals surface area contributed by atoms with Gasteiger partial charge in [0.2, 0.25) is 0 Å². The van der Waals surface area contributed by atoms with Gasteiger partial charge in [-0.1, -0.05) is 13.3 Å². The van der Waals surface area contributed by atoms with Crippen LogP contribution in [0, 0.1) is 6.92 Å². The van der Waals surface area contributed by atoms with Crippen LogP contribution in [-0.4, -0.2) is 36.5 Å². The minimum atomic E-state index is -0.165. The van der Waals surface area contributed by atoms with E-state index in [9.17, 15) is 9.59 Å². The van der Waals surface area contributed by atoms with E-state index in [1.165, 1.54) is 24.3 Å². The lowest BCUT2D eigenvalue weighted by molar-refractivity contribution is 0.0684. The monoisotopic (exact) mass is 409 g/mol. The molecule has 1 amide bonds. The molecule has 0 bridgehead atoms. The van der Waals surface area contributed by atoms with E-state index in [0.29, 0.717) is 31.0 Å². The van der Waals surface area contributed by atoms with E-state index in [4.69, 9.17) is 4.98 Å². The van der Waals surface area contributed by atoms with Crippen molar-refractivity contribution in [2.75, 3.05) is 6.54 Å². The summed E-state index contributed by atoms with van der Waals surface area (Å²) in [7, 11) is 0. The molecule has 1 aliphatic carbocycles. The number of carbonyl (C=O) groups is 1. The molecule has 0 unspecified atom stereocenters. The van der Waals surface area contributed by atoms with Crippen molar-refractivity contribution in [3.8, 4) is 5.69 Å². The second kappa shape index (κ2) is 6.66. The minimum Gasteiger partial charge on any atom is -0.330 e. The van der Waals surface area contributed by atoms with Gasteiger partial charge in [-0.2, -0.15) is 0 Å². The van der Waals surface area contributed by atoms with Gasteiger partial charge in [0.25, 0.3) is 11.5 Å². The summed E-state index contributed by atoms with van der Waals surface area (Å²) < 4.78 is 3.28. The van der Waals surface area contributed by atoms with Gasteiger partial charge in [0, 0.05) is 30.1 Å². The smallest absolute Gasteiger partial charge is 0.275 e. The molecule has 0 spiro atoms. The molecule has 1 aliphatic heterocycles. The topological polar surface area (TPSA) is 73.0 Å². The Labute approximate surface area is 172 Å². The first-order valence-corrected chi connectivity index (χ1v) is 10.8. The Morgan fingerprint density at radius 1 is 1.21 bits per heavy atom. The third-order valence-electron chi connectivity index (χ3n) is 6.12. The molecular formula is C21H23N5O2S. The summed E-state index contributed by atoms with van der Waals surface area (Å²) in [6.45, 7) is 5.62. The van der Waals surface area contributed by atoms with E-state index >= 15 is 0 Å². The van der Waals surface area contributed by atoms with Crippen molar-refractivity contribution < 1.29 is 4.79 Å². The number of carbonyl (C=O) groups excluding carboxylic acids is 1. The largest absolute Gasteiger partial charge is 0.330 e. The first kappa shape index (κ1) is 18.3. The first-order chi connectivity index (χ1) is 13.9. The SMILES string of the molecule is Cc1cn(-c2ccc3n(c2=O)CCN(Cc2csc(C4(C)CCC4)n2)C3=O)cn1. The molecule has 4 heterocycles. The van der Waals surface area contributed by atoms with Gasteiger partial charge in [-0.05, 0) is 31.9 Å². The van der Waals surface area contributed by atoms with Gasteiger partial charge in [0.15, 0.2) is 0 Å². The van der Waals surface area contributed by atoms with Gasteiger partial charge in [-0.3, -0.25) is 9.59 Å². The van der Waals surface area contributed by atoms with E-state index in [1.807, 2.05) is 13.1 Å². The molecule has 1 saturated carbocycles. The average Bonchev–Trinajstić information content (AvgIpc) is 3.32. The zero-order chi connectivity index (χ0) is 20.2. The fourth-order valence-electron chi connectivity index (χ4n) is 4.13. The maximum atomic E-state index is 13.0. The number of aromatic nitrogens is 4. The molecule has 0 atom stereocenters. The summed E-state index contributed by atoms with van der Waals surface area (Å²) in [5, 5.41) is 3.25. The summed E-state index contributed by atoms with van der Waals surface area (Å²) in [5.41, 5.74) is 2.77. The van der Waals surface area contributed by atoms with Crippen molar-refractivity contribution in [2.45, 2.75) is 51.6 Å². The minimum absolute atomic E-state index is 0.119. The van der Waals surface area contributed by atoms with Crippen LogP contribution in [0.2, 0.25) is 0 Å². The van der Waals surface area contributed by atoms with Gasteiger partial charge >= 0.3 is 0 Å². The number of amides is 1. The van der Waals surface area contributed by atoms with E-state index in [2.05, 4.69) is 17.3 Å². The number of imidazole rings is 1. The van der Waals surface area contributed by atoms with Crippen molar-refractivity contribution >= 4 is 17.2 Å². The fraction of sp³-hybridized carbons (Fsp3) is 0.429. The molecule has 3 aromatic rings. The van der Waals surface area contributed by atoms with Crippen molar-refractivity contribution in [3.63, 3.8) is 0 Å². The third-order valence-corrected chi connectivity index (χ3v) is 7.32. The number of hydrogen-bond donors (Lipinski definition) is 0. The summed E-state index contributed by atoms with van der Waals surface area (Å²) in [6, 6.07) is 3.44. The zero-order valence-electron chi connectivity index (χ0n) is 16.6. The maximum absolute atomic E-state index is 13.0. The second-order valence-electron chi connectivity index (χ2n) is 8.27. The Balaban J connectivity index is 1.38. The van der Waals surface area contributed by atoms with Crippen molar-refractivity contribution in [2.24, 2.45) is 0 Å². The fourth-order valence-corrected chi connectivity index (χ4v) is 5.17. The van der Waals surface area contributed by atoms with E-state index in [1.54, 1.807) is 43.8 Å². The molecule has 0 saturated heterocycles. The summed E-state index contributed by atoms with van der Waals surface area (Å²) in [5.74, 6) is -0.119. The molecule has 29 heavy (non-hydrogen) atoms. The number of aryl methyl sites for hydroxylation is 1. The summed E-state index contributed by atoms with van der Waals surface area (Å²) in [6.07, 6.45) is 7.08. The number of rotatable bonds is 4. The van der Waals surface area contributed by atoms with Crippen LogP contribution in [0.25, 0.3) is 5.69 Å². The lowest BCUT2D eigenvalue weighted by Gasteiger charge is -2.36. The molecule has 0 aromatic carbocycles. The van der Waals surface area contributed by atoms with Gasteiger partial charge in [0.05, 0.1) is 29.3 Å². The lowest BCUT2D eigenvalue weighted by Crippen LogP contribution is -2.44. The van der Waals surface area contributed by atoms with Crippen molar-refractivity contribution in [3.05, 3.63) is 62.5 Å². The number of nitrogens with zero attached hydrogens (tertiary/aromatic N) is 5. The van der Waals surface area contributed by atoms with Gasteiger partial charge in [-0.15, -0.1) is 11.3 Å². The predicted molar refractivity (Wildman–Crippen MR) is 111 cm³/mol. The van der Waals surface area contributed by atoms with E-state index in [0.717, 1.165) is 11.4 Å². The Bertz CT molecular complexity index is 1150. The summed E-state index contributed by atoms with van der Waals surface area (Å²) in [4.78, 5) is 36.7. The standard InChI is InChI=1S/C21H23N5O2S/c1-14-10-25(13-22-14)16-4-5-17-18(27)24(8-9-26(17)19(16)28)11-15-12-29-20(23-15)21(2)6-3-7-21/h4-5,10,12-13H,3,6-9,11H2,1-2H3. The van der Waals surface area contributed by atoms with Crippen LogP contribution in [-0.2, 0) is 18.5 Å². The second-order valence-corrected chi connectivity index (χ2v) is 9.13. The highest BCUT2D eigenvalue weighted by Crippen LogP contribution is 2.44. The van der Waals surface area contributed by atoms with Crippen LogP contribution in [0.15, 0.2) is 34.8 Å². The number of thiazole rings is 1. The van der Waals surface area contributed by atoms with Crippen LogP contribution < -0.4 is 5.56 Å². The Kier molecular flexibility index (Phi) is 4.20. The van der Waals surface area contributed by atoms with Crippen LogP contribution in [0.3, 0.4) is 0 Å². The molecule has 0 N–H and O–H groups in total. The Morgan fingerprint density at radius 3 is 2.72 bits per heavy atom.